The van der Waals surface area contributed by atoms with Crippen LogP contribution in [0.2, 0.25) is 5.02 Å². The molecule has 2 aliphatic rings. The molecule has 3 heterocycles. The largest absolute Gasteiger partial charge is 0.507 e. The molecule has 0 aliphatic carbocycles. The Morgan fingerprint density at radius 1 is 1.24 bits per heavy atom. The first-order valence-electron chi connectivity index (χ1n) is 9.68. The number of fused-ring (bicyclic) bond motifs is 1. The number of amides is 1. The van der Waals surface area contributed by atoms with Gasteiger partial charge in [-0.25, -0.2) is 0 Å². The van der Waals surface area contributed by atoms with Gasteiger partial charge in [0.15, 0.2) is 0 Å². The highest BCUT2D eigenvalue weighted by Gasteiger charge is 2.43. The van der Waals surface area contributed by atoms with Gasteiger partial charge in [-0.05, 0) is 42.7 Å². The summed E-state index contributed by atoms with van der Waals surface area (Å²) in [6, 6.07) is 14.2. The molecule has 2 aromatic carbocycles. The molecule has 2 aliphatic heterocycles. The number of aromatic nitrogens is 2. The molecule has 3 aromatic rings. The lowest BCUT2D eigenvalue weighted by molar-refractivity contribution is 0.0495. The number of hydrogen-bond acceptors (Lipinski definition) is 4. The van der Waals surface area contributed by atoms with Crippen molar-refractivity contribution in [2.24, 2.45) is 0 Å². The van der Waals surface area contributed by atoms with Crippen molar-refractivity contribution in [1.82, 2.24) is 15.1 Å². The number of nitrogens with one attached hydrogen (secondary N) is 1. The third-order valence-electron chi connectivity index (χ3n) is 5.61. The molecule has 0 spiro atoms. The van der Waals surface area contributed by atoms with Crippen molar-refractivity contribution >= 4 is 17.5 Å². The van der Waals surface area contributed by atoms with E-state index >= 15 is 0 Å². The predicted molar refractivity (Wildman–Crippen MR) is 109 cm³/mol. The van der Waals surface area contributed by atoms with Gasteiger partial charge in [0.05, 0.1) is 12.1 Å². The monoisotopic (exact) mass is 409 g/mol. The van der Waals surface area contributed by atoms with E-state index in [1.54, 1.807) is 18.2 Å². The maximum absolute atomic E-state index is 13.3. The molecule has 6 nitrogen and oxygen atoms in total. The Morgan fingerprint density at radius 2 is 2.10 bits per heavy atom. The highest BCUT2D eigenvalue weighted by atomic mass is 35.5. The van der Waals surface area contributed by atoms with Crippen molar-refractivity contribution in [3.8, 4) is 17.0 Å². The predicted octanol–water partition coefficient (Wildman–Crippen LogP) is 4.16. The molecule has 1 aromatic heterocycles. The number of benzene rings is 2. The maximum Gasteiger partial charge on any atom is 0.273 e. The number of H-pyrrole nitrogens is 1. The minimum atomic E-state index is -0.353. The van der Waals surface area contributed by atoms with Crippen LogP contribution in [0.4, 0.5) is 0 Å². The Hall–Kier alpha value is -2.83. The third-order valence-corrected chi connectivity index (χ3v) is 5.85. The molecule has 2 atom stereocenters. The molecule has 0 unspecified atom stereocenters. The Bertz CT molecular complexity index is 1070. The van der Waals surface area contributed by atoms with Crippen LogP contribution in [-0.2, 0) is 4.74 Å². The van der Waals surface area contributed by atoms with Crippen molar-refractivity contribution in [2.75, 3.05) is 13.2 Å². The van der Waals surface area contributed by atoms with Crippen LogP contribution in [0.1, 0.15) is 40.5 Å². The second kappa shape index (κ2) is 7.21. The number of phenolic OH excluding ortho intramolecular Hbond substituents is 1. The van der Waals surface area contributed by atoms with Gasteiger partial charge >= 0.3 is 0 Å². The van der Waals surface area contributed by atoms with Gasteiger partial charge in [-0.2, -0.15) is 5.10 Å². The minimum Gasteiger partial charge on any atom is -0.507 e. The van der Waals surface area contributed by atoms with Crippen molar-refractivity contribution in [3.63, 3.8) is 0 Å². The number of carbonyl (C=O) groups excluding carboxylic acids is 1. The van der Waals surface area contributed by atoms with E-state index in [-0.39, 0.29) is 23.8 Å². The van der Waals surface area contributed by atoms with Gasteiger partial charge in [0.1, 0.15) is 17.1 Å². The average molecular weight is 410 g/mol. The number of rotatable bonds is 4. The van der Waals surface area contributed by atoms with Crippen LogP contribution in [-0.4, -0.2) is 45.4 Å². The van der Waals surface area contributed by atoms with E-state index < -0.39 is 0 Å². The van der Waals surface area contributed by atoms with Crippen LogP contribution < -0.4 is 0 Å². The minimum absolute atomic E-state index is 0.0196. The van der Waals surface area contributed by atoms with Crippen molar-refractivity contribution < 1.29 is 14.6 Å². The lowest BCUT2D eigenvalue weighted by Gasteiger charge is -2.28. The number of nitrogens with zero attached hydrogens (tertiary/aromatic N) is 2. The van der Waals surface area contributed by atoms with Crippen LogP contribution in [0, 0.1) is 0 Å². The zero-order chi connectivity index (χ0) is 20.0. The first-order valence-corrected chi connectivity index (χ1v) is 10.1. The number of para-hydroxylation sites is 1. The summed E-state index contributed by atoms with van der Waals surface area (Å²) in [4.78, 5) is 15.1. The molecule has 1 amide bonds. The van der Waals surface area contributed by atoms with E-state index in [9.17, 15) is 9.90 Å². The number of carbonyl (C=O) groups is 1. The van der Waals surface area contributed by atoms with Crippen LogP contribution in [0.25, 0.3) is 11.3 Å². The fraction of sp³-hybridized carbons (Fsp3) is 0.273. The van der Waals surface area contributed by atoms with Gasteiger partial charge in [0.2, 0.25) is 0 Å². The van der Waals surface area contributed by atoms with Crippen molar-refractivity contribution in [1.29, 1.82) is 0 Å². The number of halogens is 1. The molecule has 1 fully saturated rings. The van der Waals surface area contributed by atoms with Gasteiger partial charge in [0, 0.05) is 29.3 Å². The molecular formula is C22H20ClN3O3. The fourth-order valence-corrected chi connectivity index (χ4v) is 4.49. The second-order valence-electron chi connectivity index (χ2n) is 7.43. The fourth-order valence-electron chi connectivity index (χ4n) is 4.30. The molecule has 0 radical (unpaired) electrons. The summed E-state index contributed by atoms with van der Waals surface area (Å²) < 4.78 is 5.79. The number of aromatic amines is 1. The number of ether oxygens (including phenoxy) is 1. The van der Waals surface area contributed by atoms with Gasteiger partial charge in [-0.3, -0.25) is 9.89 Å². The summed E-state index contributed by atoms with van der Waals surface area (Å²) in [7, 11) is 0. The highest BCUT2D eigenvalue weighted by molar-refractivity contribution is 6.30. The molecular weight excluding hydrogens is 390 g/mol. The first kappa shape index (κ1) is 18.2. The SMILES string of the molecule is O=C1c2[nH]nc(-c3ccccc3O)c2[C@H](c2cccc(Cl)c2)N1C[C@H]1CCCO1. The molecule has 5 rings (SSSR count). The molecule has 7 heteroatoms. The number of hydrogen-bond donors (Lipinski definition) is 2. The van der Waals surface area contributed by atoms with Crippen molar-refractivity contribution in [2.45, 2.75) is 25.0 Å². The first-order chi connectivity index (χ1) is 14.1. The van der Waals surface area contributed by atoms with E-state index in [2.05, 4.69) is 10.2 Å². The smallest absolute Gasteiger partial charge is 0.273 e. The van der Waals surface area contributed by atoms with Crippen LogP contribution in [0.3, 0.4) is 0 Å². The third kappa shape index (κ3) is 3.09. The highest BCUT2D eigenvalue weighted by Crippen LogP contribution is 2.45. The maximum atomic E-state index is 13.3. The molecule has 2 N–H and O–H groups in total. The van der Waals surface area contributed by atoms with E-state index in [0.29, 0.717) is 28.5 Å². The van der Waals surface area contributed by atoms with Crippen LogP contribution in [0.5, 0.6) is 5.75 Å². The summed E-state index contributed by atoms with van der Waals surface area (Å²) in [6.45, 7) is 1.23. The normalized spacial score (nSPS) is 21.0. The summed E-state index contributed by atoms with van der Waals surface area (Å²) >= 11 is 6.27. The van der Waals surface area contributed by atoms with Gasteiger partial charge < -0.3 is 14.7 Å². The Labute approximate surface area is 173 Å². The quantitative estimate of drug-likeness (QED) is 0.678. The second-order valence-corrected chi connectivity index (χ2v) is 7.86. The van der Waals surface area contributed by atoms with Crippen molar-refractivity contribution in [3.05, 3.63) is 70.4 Å². The zero-order valence-electron chi connectivity index (χ0n) is 15.6. The van der Waals surface area contributed by atoms with Crippen LogP contribution >= 0.6 is 11.6 Å². The number of phenols is 1. The van der Waals surface area contributed by atoms with E-state index in [1.807, 2.05) is 35.2 Å². The Balaban J connectivity index is 1.65. The zero-order valence-corrected chi connectivity index (χ0v) is 16.4. The molecule has 29 heavy (non-hydrogen) atoms. The standard InChI is InChI=1S/C22H20ClN3O3/c23-14-6-3-5-13(11-14)21-18-19(16-8-1-2-9-17(16)27)24-25-20(18)22(28)26(21)12-15-7-4-10-29-15/h1-3,5-6,8-9,11,15,21,27H,4,7,10,12H2,(H,24,25)/t15-,21+/m1/s1. The summed E-state index contributed by atoms with van der Waals surface area (Å²) in [5.41, 5.74) is 3.28. The number of aromatic hydroxyl groups is 1. The van der Waals surface area contributed by atoms with E-state index in [0.717, 1.165) is 30.6 Å². The Morgan fingerprint density at radius 3 is 2.86 bits per heavy atom. The average Bonchev–Trinajstić information content (AvgIpc) is 3.42. The van der Waals surface area contributed by atoms with E-state index in [4.69, 9.17) is 16.3 Å². The van der Waals surface area contributed by atoms with Gasteiger partial charge in [-0.15, -0.1) is 0 Å². The van der Waals surface area contributed by atoms with Crippen LogP contribution in [0.15, 0.2) is 48.5 Å². The molecule has 148 valence electrons. The lowest BCUT2D eigenvalue weighted by atomic mass is 9.95. The summed E-state index contributed by atoms with van der Waals surface area (Å²) in [5.74, 6) is 0.00585. The van der Waals surface area contributed by atoms with Gasteiger partial charge in [-0.1, -0.05) is 35.9 Å². The molecule has 1 saturated heterocycles. The Kier molecular flexibility index (Phi) is 4.53. The van der Waals surface area contributed by atoms with E-state index in [1.165, 1.54) is 0 Å². The summed E-state index contributed by atoms with van der Waals surface area (Å²) in [6.07, 6.45) is 1.96. The lowest BCUT2D eigenvalue weighted by Crippen LogP contribution is -2.36. The summed E-state index contributed by atoms with van der Waals surface area (Å²) in [5, 5.41) is 18.3. The molecule has 0 saturated carbocycles. The van der Waals surface area contributed by atoms with Gasteiger partial charge in [0.25, 0.3) is 5.91 Å². The molecule has 0 bridgehead atoms. The topological polar surface area (TPSA) is 78.5 Å².